The van der Waals surface area contributed by atoms with Crippen molar-refractivity contribution >= 4 is 0 Å². The minimum Gasteiger partial charge on any atom is -0.458 e. The van der Waals surface area contributed by atoms with Gasteiger partial charge in [0.2, 0.25) is 0 Å². The molecule has 0 saturated carbocycles. The summed E-state index contributed by atoms with van der Waals surface area (Å²) in [7, 11) is 0. The molecule has 0 amide bonds. The zero-order valence-electron chi connectivity index (χ0n) is 10.5. The Balaban J connectivity index is 2.82. The van der Waals surface area contributed by atoms with E-state index in [4.69, 9.17) is 4.74 Å². The lowest BCUT2D eigenvalue weighted by Gasteiger charge is -2.21. The first-order chi connectivity index (χ1) is 6.68. The molecule has 3 nitrogen and oxygen atoms in total. The van der Waals surface area contributed by atoms with Crippen molar-refractivity contribution in [3.63, 3.8) is 0 Å². The molecule has 0 spiro atoms. The van der Waals surface area contributed by atoms with Gasteiger partial charge in [-0.25, -0.2) is 9.97 Å². The van der Waals surface area contributed by atoms with E-state index in [0.717, 1.165) is 5.56 Å². The predicted molar refractivity (Wildman–Crippen MR) is 61.1 cm³/mol. The van der Waals surface area contributed by atoms with Crippen molar-refractivity contribution < 1.29 is 4.74 Å². The smallest absolute Gasteiger partial charge is 0.316 e. The Bertz CT molecular complexity index is 317. The highest BCUT2D eigenvalue weighted by atomic mass is 16.5. The van der Waals surface area contributed by atoms with E-state index in [9.17, 15) is 0 Å². The van der Waals surface area contributed by atoms with E-state index < -0.39 is 0 Å². The topological polar surface area (TPSA) is 35.0 Å². The van der Waals surface area contributed by atoms with Gasteiger partial charge >= 0.3 is 6.01 Å². The number of ether oxygens (including phenoxy) is 1. The van der Waals surface area contributed by atoms with Crippen LogP contribution in [0.2, 0.25) is 0 Å². The van der Waals surface area contributed by atoms with E-state index in [0.29, 0.717) is 6.01 Å². The fraction of sp³-hybridized carbons (Fsp3) is 0.667. The van der Waals surface area contributed by atoms with Crippen molar-refractivity contribution in [3.05, 3.63) is 18.0 Å². The summed E-state index contributed by atoms with van der Waals surface area (Å²) in [5.41, 5.74) is 0.951. The summed E-state index contributed by atoms with van der Waals surface area (Å²) in [5, 5.41) is 0. The molecule has 0 radical (unpaired) electrons. The maximum atomic E-state index is 5.55. The molecule has 15 heavy (non-hydrogen) atoms. The van der Waals surface area contributed by atoms with Crippen LogP contribution in [-0.4, -0.2) is 15.6 Å². The number of hydrogen-bond donors (Lipinski definition) is 0. The molecule has 0 bridgehead atoms. The first kappa shape index (κ1) is 12.0. The molecular weight excluding hydrogens is 188 g/mol. The van der Waals surface area contributed by atoms with Crippen LogP contribution < -0.4 is 4.74 Å². The summed E-state index contributed by atoms with van der Waals surface area (Å²) in [6.45, 7) is 12.3. The maximum absolute atomic E-state index is 5.55. The van der Waals surface area contributed by atoms with Crippen LogP contribution in [0.4, 0.5) is 0 Å². The SMILES string of the molecule is CC(C)(C)Oc1ncc(C(C)(C)C)cn1. The molecule has 1 aromatic heterocycles. The summed E-state index contributed by atoms with van der Waals surface area (Å²) in [4.78, 5) is 8.39. The summed E-state index contributed by atoms with van der Waals surface area (Å²) in [5.74, 6) is 0. The highest BCUT2D eigenvalue weighted by Gasteiger charge is 2.17. The third-order valence-corrected chi connectivity index (χ3v) is 1.89. The van der Waals surface area contributed by atoms with Crippen LogP contribution in [0.5, 0.6) is 6.01 Å². The van der Waals surface area contributed by atoms with E-state index in [1.807, 2.05) is 33.2 Å². The quantitative estimate of drug-likeness (QED) is 0.711. The minimum absolute atomic E-state index is 0.0836. The van der Waals surface area contributed by atoms with E-state index in [1.165, 1.54) is 0 Å². The minimum atomic E-state index is -0.247. The van der Waals surface area contributed by atoms with Crippen LogP contribution in [0, 0.1) is 0 Å². The van der Waals surface area contributed by atoms with E-state index in [-0.39, 0.29) is 11.0 Å². The Morgan fingerprint density at radius 3 is 1.73 bits per heavy atom. The lowest BCUT2D eigenvalue weighted by molar-refractivity contribution is 0.116. The van der Waals surface area contributed by atoms with Crippen molar-refractivity contribution in [1.82, 2.24) is 9.97 Å². The Labute approximate surface area is 91.9 Å². The van der Waals surface area contributed by atoms with Gasteiger partial charge in [-0.05, 0) is 31.7 Å². The largest absolute Gasteiger partial charge is 0.458 e. The second kappa shape index (κ2) is 3.80. The first-order valence-corrected chi connectivity index (χ1v) is 5.20. The van der Waals surface area contributed by atoms with Crippen molar-refractivity contribution in [2.24, 2.45) is 0 Å². The molecule has 0 saturated heterocycles. The van der Waals surface area contributed by atoms with Gasteiger partial charge < -0.3 is 4.74 Å². The van der Waals surface area contributed by atoms with Crippen LogP contribution in [0.15, 0.2) is 12.4 Å². The fourth-order valence-electron chi connectivity index (χ4n) is 1.03. The van der Waals surface area contributed by atoms with E-state index in [2.05, 4.69) is 30.7 Å². The normalized spacial score (nSPS) is 12.7. The molecular formula is C12H20N2O. The highest BCUT2D eigenvalue weighted by molar-refractivity contribution is 5.16. The van der Waals surface area contributed by atoms with Crippen LogP contribution in [-0.2, 0) is 5.41 Å². The Kier molecular flexibility index (Phi) is 3.03. The summed E-state index contributed by atoms with van der Waals surface area (Å²) in [6.07, 6.45) is 3.65. The van der Waals surface area contributed by atoms with E-state index in [1.54, 1.807) is 0 Å². The van der Waals surface area contributed by atoms with Gasteiger partial charge in [0.05, 0.1) is 0 Å². The Morgan fingerprint density at radius 2 is 1.40 bits per heavy atom. The summed E-state index contributed by atoms with van der Waals surface area (Å²) < 4.78 is 5.55. The second-order valence-corrected chi connectivity index (χ2v) is 5.72. The van der Waals surface area contributed by atoms with Gasteiger partial charge in [-0.2, -0.15) is 0 Å². The zero-order valence-corrected chi connectivity index (χ0v) is 10.5. The molecule has 0 aliphatic rings. The van der Waals surface area contributed by atoms with Crippen molar-refractivity contribution in [2.75, 3.05) is 0 Å². The van der Waals surface area contributed by atoms with E-state index >= 15 is 0 Å². The molecule has 0 fully saturated rings. The van der Waals surface area contributed by atoms with Gasteiger partial charge in [-0.15, -0.1) is 0 Å². The first-order valence-electron chi connectivity index (χ1n) is 5.20. The molecule has 0 aliphatic carbocycles. The predicted octanol–water partition coefficient (Wildman–Crippen LogP) is 2.95. The number of nitrogens with zero attached hydrogens (tertiary/aromatic N) is 2. The summed E-state index contributed by atoms with van der Waals surface area (Å²) in [6, 6.07) is 0.440. The molecule has 84 valence electrons. The number of hydrogen-bond acceptors (Lipinski definition) is 3. The molecule has 0 N–H and O–H groups in total. The maximum Gasteiger partial charge on any atom is 0.316 e. The second-order valence-electron chi connectivity index (χ2n) is 5.72. The van der Waals surface area contributed by atoms with Crippen LogP contribution >= 0.6 is 0 Å². The average molecular weight is 208 g/mol. The van der Waals surface area contributed by atoms with Crippen LogP contribution in [0.25, 0.3) is 0 Å². The molecule has 1 rings (SSSR count). The number of aromatic nitrogens is 2. The molecule has 0 aliphatic heterocycles. The Hall–Kier alpha value is -1.12. The van der Waals surface area contributed by atoms with Crippen molar-refractivity contribution in [2.45, 2.75) is 52.6 Å². The number of rotatable bonds is 1. The zero-order chi connectivity index (χ0) is 11.7. The lowest BCUT2D eigenvalue weighted by Crippen LogP contribution is -2.24. The van der Waals surface area contributed by atoms with Gasteiger partial charge in [-0.1, -0.05) is 20.8 Å². The molecule has 0 aromatic carbocycles. The molecule has 3 heteroatoms. The van der Waals surface area contributed by atoms with Gasteiger partial charge in [0.1, 0.15) is 5.60 Å². The fourth-order valence-corrected chi connectivity index (χ4v) is 1.03. The van der Waals surface area contributed by atoms with Gasteiger partial charge in [0, 0.05) is 12.4 Å². The van der Waals surface area contributed by atoms with Crippen LogP contribution in [0.3, 0.4) is 0 Å². The van der Waals surface area contributed by atoms with Crippen molar-refractivity contribution in [1.29, 1.82) is 0 Å². The third-order valence-electron chi connectivity index (χ3n) is 1.89. The molecule has 0 unspecified atom stereocenters. The summed E-state index contributed by atoms with van der Waals surface area (Å²) >= 11 is 0. The van der Waals surface area contributed by atoms with Crippen LogP contribution in [0.1, 0.15) is 47.1 Å². The third kappa shape index (κ3) is 3.86. The molecule has 0 atom stereocenters. The molecule has 1 aromatic rings. The average Bonchev–Trinajstić information content (AvgIpc) is 2.00. The lowest BCUT2D eigenvalue weighted by atomic mass is 9.89. The van der Waals surface area contributed by atoms with Crippen molar-refractivity contribution in [3.8, 4) is 6.01 Å². The van der Waals surface area contributed by atoms with Gasteiger partial charge in [0.15, 0.2) is 0 Å². The highest BCUT2D eigenvalue weighted by Crippen LogP contribution is 2.21. The standard InChI is InChI=1S/C12H20N2O/c1-11(2,3)9-7-13-10(14-8-9)15-12(4,5)6/h7-8H,1-6H3. The Morgan fingerprint density at radius 1 is 0.933 bits per heavy atom. The van der Waals surface area contributed by atoms with Gasteiger partial charge in [-0.3, -0.25) is 0 Å². The molecule has 1 heterocycles. The van der Waals surface area contributed by atoms with Gasteiger partial charge in [0.25, 0.3) is 0 Å². The monoisotopic (exact) mass is 208 g/mol.